The van der Waals surface area contributed by atoms with Crippen LogP contribution in [0.2, 0.25) is 0 Å². The Balaban J connectivity index is 1.64. The third-order valence-corrected chi connectivity index (χ3v) is 8.14. The van der Waals surface area contributed by atoms with Crippen LogP contribution in [0.1, 0.15) is 5.56 Å². The second-order valence-corrected chi connectivity index (χ2v) is 10.3. The molecule has 0 saturated carbocycles. The molecule has 2 heterocycles. The molecular formula is C20H19FN2O4S2. The summed E-state index contributed by atoms with van der Waals surface area (Å²) in [5, 5.41) is 0.240. The van der Waals surface area contributed by atoms with Crippen LogP contribution in [0.5, 0.6) is 5.75 Å². The Kier molecular flexibility index (Phi) is 5.35. The maximum atomic E-state index is 13.4. The molecule has 1 amide bonds. The van der Waals surface area contributed by atoms with Crippen molar-refractivity contribution in [3.8, 4) is 5.75 Å². The van der Waals surface area contributed by atoms with Crippen LogP contribution >= 0.6 is 11.8 Å². The Morgan fingerprint density at radius 3 is 2.66 bits per heavy atom. The molecule has 0 spiro atoms. The van der Waals surface area contributed by atoms with Crippen molar-refractivity contribution >= 4 is 38.4 Å². The second kappa shape index (κ2) is 7.79. The molecule has 9 heteroatoms. The number of carbonyl (C=O) groups excluding carboxylic acids is 1. The summed E-state index contributed by atoms with van der Waals surface area (Å²) in [4.78, 5) is 18.7. The number of fused-ring (bicyclic) bond motifs is 1. The van der Waals surface area contributed by atoms with Crippen LogP contribution in [0.3, 0.4) is 0 Å². The number of thioether (sulfide) groups is 1. The van der Waals surface area contributed by atoms with Crippen LogP contribution < -0.4 is 9.64 Å². The molecule has 0 N–H and O–H groups in total. The number of aliphatic imine (C=N–C) groups is 1. The van der Waals surface area contributed by atoms with Crippen molar-refractivity contribution in [1.82, 2.24) is 0 Å². The van der Waals surface area contributed by atoms with Crippen LogP contribution in [-0.4, -0.2) is 49.4 Å². The summed E-state index contributed by atoms with van der Waals surface area (Å²) in [7, 11) is -1.62. The highest BCUT2D eigenvalue weighted by Gasteiger charge is 2.49. The van der Waals surface area contributed by atoms with Crippen LogP contribution in [0.25, 0.3) is 0 Å². The highest BCUT2D eigenvalue weighted by Crippen LogP contribution is 2.41. The molecule has 0 unspecified atom stereocenters. The summed E-state index contributed by atoms with van der Waals surface area (Å²) in [5.41, 5.74) is 1.34. The van der Waals surface area contributed by atoms with E-state index < -0.39 is 9.84 Å². The number of amides is 1. The number of hydrogen-bond acceptors (Lipinski definition) is 5. The highest BCUT2D eigenvalue weighted by molar-refractivity contribution is 8.16. The standard InChI is InChI=1S/C20H19FN2O4S2/c1-27-17-5-3-2-4-13(17)10-19(24)22-20-23(15-8-6-14(21)7-9-15)16-11-29(25,26)12-18(16)28-20/h2-9,16,18H,10-12H2,1H3/t16-,18-/m1/s1. The van der Waals surface area contributed by atoms with E-state index in [1.165, 1.54) is 23.9 Å². The number of carbonyl (C=O) groups is 1. The van der Waals surface area contributed by atoms with Crippen molar-refractivity contribution < 1.29 is 22.3 Å². The van der Waals surface area contributed by atoms with Crippen LogP contribution in [0.15, 0.2) is 53.5 Å². The van der Waals surface area contributed by atoms with E-state index in [-0.39, 0.29) is 40.9 Å². The Morgan fingerprint density at radius 2 is 1.93 bits per heavy atom. The minimum absolute atomic E-state index is 0.0121. The summed E-state index contributed by atoms with van der Waals surface area (Å²) >= 11 is 1.29. The molecule has 2 aromatic carbocycles. The number of ether oxygens (including phenoxy) is 1. The topological polar surface area (TPSA) is 76.0 Å². The predicted molar refractivity (Wildman–Crippen MR) is 112 cm³/mol. The van der Waals surface area contributed by atoms with E-state index in [1.54, 1.807) is 36.3 Å². The van der Waals surface area contributed by atoms with Gasteiger partial charge in [-0.25, -0.2) is 12.8 Å². The van der Waals surface area contributed by atoms with Gasteiger partial charge in [0.1, 0.15) is 11.6 Å². The van der Waals surface area contributed by atoms with Gasteiger partial charge in [0, 0.05) is 16.5 Å². The lowest BCUT2D eigenvalue weighted by atomic mass is 10.1. The third kappa shape index (κ3) is 4.16. The van der Waals surface area contributed by atoms with Crippen molar-refractivity contribution in [3.05, 3.63) is 59.9 Å². The zero-order valence-electron chi connectivity index (χ0n) is 15.6. The van der Waals surface area contributed by atoms with E-state index in [0.717, 1.165) is 5.56 Å². The number of nitrogens with zero attached hydrogens (tertiary/aromatic N) is 2. The van der Waals surface area contributed by atoms with E-state index >= 15 is 0 Å². The largest absolute Gasteiger partial charge is 0.496 e. The zero-order chi connectivity index (χ0) is 20.6. The van der Waals surface area contributed by atoms with Crippen LogP contribution in [0.4, 0.5) is 10.1 Å². The van der Waals surface area contributed by atoms with Crippen molar-refractivity contribution in [2.45, 2.75) is 17.7 Å². The molecule has 2 aromatic rings. The number of sulfone groups is 1. The molecule has 2 aliphatic heterocycles. The second-order valence-electron chi connectivity index (χ2n) is 6.92. The van der Waals surface area contributed by atoms with E-state index in [4.69, 9.17) is 4.74 Å². The summed E-state index contributed by atoms with van der Waals surface area (Å²) < 4.78 is 42.8. The minimum atomic E-state index is -3.16. The molecule has 6 nitrogen and oxygen atoms in total. The van der Waals surface area contributed by atoms with Gasteiger partial charge in [-0.3, -0.25) is 4.79 Å². The fourth-order valence-electron chi connectivity index (χ4n) is 3.63. The van der Waals surface area contributed by atoms with Gasteiger partial charge >= 0.3 is 0 Å². The third-order valence-electron chi connectivity index (χ3n) is 4.93. The molecule has 2 atom stereocenters. The van der Waals surface area contributed by atoms with E-state index in [9.17, 15) is 17.6 Å². The predicted octanol–water partition coefficient (Wildman–Crippen LogP) is 2.68. The first-order valence-corrected chi connectivity index (χ1v) is 11.7. The number of hydrogen-bond donors (Lipinski definition) is 0. The normalized spacial score (nSPS) is 23.9. The van der Waals surface area contributed by atoms with Crippen LogP contribution in [0, 0.1) is 5.82 Å². The Bertz CT molecular complexity index is 1070. The van der Waals surface area contributed by atoms with Crippen molar-refractivity contribution in [3.63, 3.8) is 0 Å². The molecule has 0 aromatic heterocycles. The lowest BCUT2D eigenvalue weighted by molar-refractivity contribution is -0.117. The quantitative estimate of drug-likeness (QED) is 0.737. The zero-order valence-corrected chi connectivity index (χ0v) is 17.2. The van der Waals surface area contributed by atoms with Gasteiger partial charge in [0.15, 0.2) is 15.0 Å². The number of halogens is 1. The van der Waals surface area contributed by atoms with Crippen molar-refractivity contribution in [2.24, 2.45) is 4.99 Å². The average Bonchev–Trinajstić information content (AvgIpc) is 3.13. The Morgan fingerprint density at radius 1 is 1.21 bits per heavy atom. The van der Waals surface area contributed by atoms with Gasteiger partial charge in [0.2, 0.25) is 0 Å². The smallest absolute Gasteiger partial charge is 0.252 e. The van der Waals surface area contributed by atoms with Gasteiger partial charge in [-0.15, -0.1) is 0 Å². The summed E-state index contributed by atoms with van der Waals surface area (Å²) in [5.74, 6) is -0.103. The molecule has 2 fully saturated rings. The fourth-order valence-corrected chi connectivity index (χ4v) is 7.56. The maximum Gasteiger partial charge on any atom is 0.252 e. The highest BCUT2D eigenvalue weighted by atomic mass is 32.2. The first-order chi connectivity index (χ1) is 13.9. The molecule has 0 bridgehead atoms. The summed E-state index contributed by atoms with van der Waals surface area (Å²) in [6.07, 6.45) is 0.0684. The summed E-state index contributed by atoms with van der Waals surface area (Å²) in [6.45, 7) is 0. The average molecular weight is 435 g/mol. The first-order valence-electron chi connectivity index (χ1n) is 9.01. The van der Waals surface area contributed by atoms with E-state index in [1.807, 2.05) is 12.1 Å². The maximum absolute atomic E-state index is 13.4. The fraction of sp³-hybridized carbons (Fsp3) is 0.300. The van der Waals surface area contributed by atoms with Crippen LogP contribution in [-0.2, 0) is 21.1 Å². The Labute approximate surface area is 172 Å². The van der Waals surface area contributed by atoms with Gasteiger partial charge in [-0.1, -0.05) is 30.0 Å². The number of rotatable bonds is 4. The lowest BCUT2D eigenvalue weighted by Crippen LogP contribution is -2.37. The molecule has 2 aliphatic rings. The van der Waals surface area contributed by atoms with Crippen molar-refractivity contribution in [1.29, 1.82) is 0 Å². The molecule has 29 heavy (non-hydrogen) atoms. The number of para-hydroxylation sites is 1. The van der Waals surface area contributed by atoms with Gasteiger partial charge in [0.25, 0.3) is 5.91 Å². The number of amidine groups is 1. The lowest BCUT2D eigenvalue weighted by Gasteiger charge is -2.24. The SMILES string of the molecule is COc1ccccc1CC(=O)N=C1S[C@@H]2CS(=O)(=O)C[C@H]2N1c1ccc(F)cc1. The number of anilines is 1. The molecular weight excluding hydrogens is 415 g/mol. The van der Waals surface area contributed by atoms with E-state index in [2.05, 4.69) is 4.99 Å². The monoisotopic (exact) mass is 434 g/mol. The van der Waals surface area contributed by atoms with Crippen molar-refractivity contribution in [2.75, 3.05) is 23.5 Å². The van der Waals surface area contributed by atoms with Gasteiger partial charge in [-0.2, -0.15) is 4.99 Å². The first kappa shape index (κ1) is 19.9. The molecule has 4 rings (SSSR count). The van der Waals surface area contributed by atoms with Gasteiger partial charge in [-0.05, 0) is 30.3 Å². The molecule has 152 valence electrons. The van der Waals surface area contributed by atoms with Gasteiger partial charge in [0.05, 0.1) is 31.1 Å². The molecule has 2 saturated heterocycles. The number of benzene rings is 2. The molecule has 0 radical (unpaired) electrons. The van der Waals surface area contributed by atoms with E-state index in [0.29, 0.717) is 16.6 Å². The number of methoxy groups -OCH3 is 1. The summed E-state index contributed by atoms with van der Waals surface area (Å²) in [6, 6.07) is 12.7. The Hall–Kier alpha value is -2.39. The molecule has 0 aliphatic carbocycles. The van der Waals surface area contributed by atoms with Gasteiger partial charge < -0.3 is 9.64 Å². The minimum Gasteiger partial charge on any atom is -0.496 e.